The zero-order chi connectivity index (χ0) is 13.0. The lowest BCUT2D eigenvalue weighted by atomic mass is 9.70. The highest BCUT2D eigenvalue weighted by Gasteiger charge is 2.37. The fourth-order valence-electron chi connectivity index (χ4n) is 3.02. The van der Waals surface area contributed by atoms with Crippen LogP contribution in [0.2, 0.25) is 0 Å². The maximum atomic E-state index is 12.6. The van der Waals surface area contributed by atoms with E-state index in [2.05, 4.69) is 19.1 Å². The highest BCUT2D eigenvalue weighted by molar-refractivity contribution is 5.87. The van der Waals surface area contributed by atoms with Gasteiger partial charge in [0.2, 0.25) is 0 Å². The van der Waals surface area contributed by atoms with Crippen molar-refractivity contribution in [1.82, 2.24) is 0 Å². The Morgan fingerprint density at radius 2 is 2.00 bits per heavy atom. The minimum atomic E-state index is -0.234. The molecular formula is C16H23NO. The average molecular weight is 245 g/mol. The van der Waals surface area contributed by atoms with Gasteiger partial charge in [-0.05, 0) is 25.3 Å². The topological polar surface area (TPSA) is 43.1 Å². The predicted octanol–water partition coefficient (Wildman–Crippen LogP) is 3.02. The van der Waals surface area contributed by atoms with Crippen molar-refractivity contribution in [3.8, 4) is 0 Å². The van der Waals surface area contributed by atoms with Crippen LogP contribution < -0.4 is 5.73 Å². The summed E-state index contributed by atoms with van der Waals surface area (Å²) in [6, 6.07) is 8.23. The standard InChI is InChI=1S/C16H23NO/c1-13-6-5-7-14(10-13)11-15(18)16(12-17)8-3-2-4-9-16/h5-7,10H,2-4,8-9,11-12,17H2,1H3. The Balaban J connectivity index is 2.10. The second kappa shape index (κ2) is 5.66. The van der Waals surface area contributed by atoms with Crippen LogP contribution in [0.1, 0.15) is 43.2 Å². The van der Waals surface area contributed by atoms with Crippen molar-refractivity contribution in [3.05, 3.63) is 35.4 Å². The first-order valence-corrected chi connectivity index (χ1v) is 6.95. The van der Waals surface area contributed by atoms with Gasteiger partial charge in [0.15, 0.2) is 0 Å². The fourth-order valence-corrected chi connectivity index (χ4v) is 3.02. The molecule has 2 N–H and O–H groups in total. The van der Waals surface area contributed by atoms with E-state index in [4.69, 9.17) is 5.73 Å². The van der Waals surface area contributed by atoms with Crippen molar-refractivity contribution in [2.24, 2.45) is 11.1 Å². The summed E-state index contributed by atoms with van der Waals surface area (Å²) in [5, 5.41) is 0. The molecule has 0 heterocycles. The third-order valence-electron chi connectivity index (χ3n) is 4.24. The third kappa shape index (κ3) is 2.81. The Labute approximate surface area is 110 Å². The number of hydrogen-bond acceptors (Lipinski definition) is 2. The summed E-state index contributed by atoms with van der Waals surface area (Å²) in [6.45, 7) is 2.57. The molecule has 1 aromatic carbocycles. The van der Waals surface area contributed by atoms with Crippen molar-refractivity contribution in [1.29, 1.82) is 0 Å². The van der Waals surface area contributed by atoms with Gasteiger partial charge in [-0.2, -0.15) is 0 Å². The summed E-state index contributed by atoms with van der Waals surface area (Å²) in [5.74, 6) is 0.343. The maximum absolute atomic E-state index is 12.6. The van der Waals surface area contributed by atoms with E-state index in [0.717, 1.165) is 31.2 Å². The van der Waals surface area contributed by atoms with Crippen LogP contribution in [0.25, 0.3) is 0 Å². The Kier molecular flexibility index (Phi) is 4.18. The monoisotopic (exact) mass is 245 g/mol. The van der Waals surface area contributed by atoms with Gasteiger partial charge in [-0.3, -0.25) is 4.79 Å². The van der Waals surface area contributed by atoms with Crippen LogP contribution in [0.15, 0.2) is 24.3 Å². The molecule has 1 fully saturated rings. The third-order valence-corrected chi connectivity index (χ3v) is 4.24. The summed E-state index contributed by atoms with van der Waals surface area (Å²) in [5.41, 5.74) is 8.00. The Bertz CT molecular complexity index is 419. The van der Waals surface area contributed by atoms with E-state index in [1.807, 2.05) is 12.1 Å². The highest BCUT2D eigenvalue weighted by atomic mass is 16.1. The molecule has 0 aliphatic heterocycles. The van der Waals surface area contributed by atoms with Crippen LogP contribution in [0, 0.1) is 12.3 Å². The number of nitrogens with two attached hydrogens (primary N) is 1. The Morgan fingerprint density at radius 3 is 2.61 bits per heavy atom. The molecule has 0 amide bonds. The molecule has 2 nitrogen and oxygen atoms in total. The van der Waals surface area contributed by atoms with Gasteiger partial charge in [0.25, 0.3) is 0 Å². The van der Waals surface area contributed by atoms with Crippen molar-refractivity contribution < 1.29 is 4.79 Å². The lowest BCUT2D eigenvalue weighted by Gasteiger charge is -2.34. The Hall–Kier alpha value is -1.15. The van der Waals surface area contributed by atoms with Gasteiger partial charge in [0, 0.05) is 18.4 Å². The zero-order valence-corrected chi connectivity index (χ0v) is 11.2. The minimum absolute atomic E-state index is 0.234. The largest absolute Gasteiger partial charge is 0.329 e. The van der Waals surface area contributed by atoms with Gasteiger partial charge in [0.1, 0.15) is 5.78 Å². The van der Waals surface area contributed by atoms with Crippen LogP contribution in [0.5, 0.6) is 0 Å². The second-order valence-electron chi connectivity index (χ2n) is 5.63. The number of carbonyl (C=O) groups is 1. The summed E-state index contributed by atoms with van der Waals surface area (Å²) in [7, 11) is 0. The summed E-state index contributed by atoms with van der Waals surface area (Å²) >= 11 is 0. The second-order valence-corrected chi connectivity index (χ2v) is 5.63. The van der Waals surface area contributed by atoms with E-state index in [0.29, 0.717) is 18.7 Å². The molecule has 2 rings (SSSR count). The maximum Gasteiger partial charge on any atom is 0.144 e. The molecule has 98 valence electrons. The van der Waals surface area contributed by atoms with E-state index in [1.165, 1.54) is 12.0 Å². The van der Waals surface area contributed by atoms with Crippen molar-refractivity contribution in [2.75, 3.05) is 6.54 Å². The van der Waals surface area contributed by atoms with E-state index in [9.17, 15) is 4.79 Å². The molecule has 1 aliphatic rings. The predicted molar refractivity (Wildman–Crippen MR) is 74.5 cm³/mol. The quantitative estimate of drug-likeness (QED) is 0.886. The van der Waals surface area contributed by atoms with Crippen LogP contribution in [-0.4, -0.2) is 12.3 Å². The van der Waals surface area contributed by atoms with Crippen LogP contribution in [0.4, 0.5) is 0 Å². The first-order chi connectivity index (χ1) is 8.66. The average Bonchev–Trinajstić information content (AvgIpc) is 2.39. The normalized spacial score (nSPS) is 18.6. The number of Topliss-reactive ketones (excluding diaryl/α,β-unsaturated/α-hetero) is 1. The number of rotatable bonds is 4. The summed E-state index contributed by atoms with van der Waals surface area (Å²) in [4.78, 5) is 12.6. The first kappa shape index (κ1) is 13.3. The van der Waals surface area contributed by atoms with Crippen LogP contribution >= 0.6 is 0 Å². The number of hydrogen-bond donors (Lipinski definition) is 1. The molecule has 0 aromatic heterocycles. The molecule has 0 atom stereocenters. The summed E-state index contributed by atoms with van der Waals surface area (Å²) < 4.78 is 0. The first-order valence-electron chi connectivity index (χ1n) is 6.95. The molecule has 0 saturated heterocycles. The molecular weight excluding hydrogens is 222 g/mol. The fraction of sp³-hybridized carbons (Fsp3) is 0.562. The van der Waals surface area contributed by atoms with E-state index < -0.39 is 0 Å². The molecule has 18 heavy (non-hydrogen) atoms. The van der Waals surface area contributed by atoms with E-state index in [-0.39, 0.29) is 5.41 Å². The summed E-state index contributed by atoms with van der Waals surface area (Å²) in [6.07, 6.45) is 6.05. The zero-order valence-electron chi connectivity index (χ0n) is 11.2. The van der Waals surface area contributed by atoms with E-state index in [1.54, 1.807) is 0 Å². The van der Waals surface area contributed by atoms with Crippen LogP contribution in [0.3, 0.4) is 0 Å². The van der Waals surface area contributed by atoms with Crippen molar-refractivity contribution >= 4 is 5.78 Å². The van der Waals surface area contributed by atoms with Crippen molar-refractivity contribution in [3.63, 3.8) is 0 Å². The smallest absolute Gasteiger partial charge is 0.144 e. The lowest BCUT2D eigenvalue weighted by molar-refractivity contribution is -0.129. The number of benzene rings is 1. The van der Waals surface area contributed by atoms with Gasteiger partial charge in [-0.15, -0.1) is 0 Å². The SMILES string of the molecule is Cc1cccc(CC(=O)C2(CN)CCCCC2)c1. The molecule has 0 radical (unpaired) electrons. The number of ketones is 1. The molecule has 2 heteroatoms. The van der Waals surface area contributed by atoms with E-state index >= 15 is 0 Å². The molecule has 1 aromatic rings. The molecule has 1 saturated carbocycles. The van der Waals surface area contributed by atoms with Crippen molar-refractivity contribution in [2.45, 2.75) is 45.4 Å². The van der Waals surface area contributed by atoms with Gasteiger partial charge in [-0.25, -0.2) is 0 Å². The molecule has 0 spiro atoms. The Morgan fingerprint density at radius 1 is 1.28 bits per heavy atom. The van der Waals surface area contributed by atoms with Gasteiger partial charge in [0.05, 0.1) is 0 Å². The van der Waals surface area contributed by atoms with Crippen LogP contribution in [-0.2, 0) is 11.2 Å². The van der Waals surface area contributed by atoms with Gasteiger partial charge >= 0.3 is 0 Å². The number of aryl methyl sites for hydroxylation is 1. The van der Waals surface area contributed by atoms with Gasteiger partial charge < -0.3 is 5.73 Å². The molecule has 0 bridgehead atoms. The molecule has 1 aliphatic carbocycles. The highest BCUT2D eigenvalue weighted by Crippen LogP contribution is 2.37. The van der Waals surface area contributed by atoms with Gasteiger partial charge in [-0.1, -0.05) is 49.1 Å². The minimum Gasteiger partial charge on any atom is -0.329 e. The lowest BCUT2D eigenvalue weighted by Crippen LogP contribution is -2.41. The number of carbonyl (C=O) groups excluding carboxylic acids is 1. The molecule has 0 unspecified atom stereocenters.